The van der Waals surface area contributed by atoms with Crippen LogP contribution in [0.5, 0.6) is 0 Å². The molecule has 0 bridgehead atoms. The molecule has 4 rings (SSSR count). The Labute approximate surface area is 197 Å². The van der Waals surface area contributed by atoms with Crippen LogP contribution in [0.3, 0.4) is 0 Å². The molecule has 0 radical (unpaired) electrons. The highest BCUT2D eigenvalue weighted by Gasteiger charge is 2.19. The van der Waals surface area contributed by atoms with Gasteiger partial charge in [0.2, 0.25) is 0 Å². The van der Waals surface area contributed by atoms with Crippen molar-refractivity contribution in [2.24, 2.45) is 5.73 Å². The van der Waals surface area contributed by atoms with Crippen molar-refractivity contribution in [3.05, 3.63) is 82.8 Å². The van der Waals surface area contributed by atoms with E-state index in [2.05, 4.69) is 15.4 Å². The number of aromatic nitrogens is 3. The quantitative estimate of drug-likeness (QED) is 0.390. The van der Waals surface area contributed by atoms with E-state index in [-0.39, 0.29) is 5.69 Å². The van der Waals surface area contributed by atoms with E-state index in [4.69, 9.17) is 10.5 Å². The van der Waals surface area contributed by atoms with Gasteiger partial charge in [0.1, 0.15) is 5.69 Å². The minimum absolute atomic E-state index is 0.0140. The largest absolute Gasteiger partial charge is 0.364 e. The number of benzene rings is 2. The molecule has 2 aromatic carbocycles. The number of para-hydroxylation sites is 1. The molecule has 1 atom stereocenters. The Morgan fingerprint density at radius 1 is 1.12 bits per heavy atom. The summed E-state index contributed by atoms with van der Waals surface area (Å²) in [5.74, 6) is -1.11. The van der Waals surface area contributed by atoms with Gasteiger partial charge < -0.3 is 11.1 Å². The standard InChI is InChI=1S/C24H24N6O3S/c1-14-22(15(2)30(29-14)13-16-8-10-17(11-9-16)34(3,26)33)28-24(32)19-12-21(23(25)31)27-20-7-5-4-6-18(19)20/h4-12,26H,13H2,1-3H3,(H2,25,31)(H,28,32)/t34-/m1/s1. The summed E-state index contributed by atoms with van der Waals surface area (Å²) in [4.78, 5) is 29.7. The monoisotopic (exact) mass is 476 g/mol. The van der Waals surface area contributed by atoms with Crippen LogP contribution < -0.4 is 11.1 Å². The van der Waals surface area contributed by atoms with E-state index in [9.17, 15) is 13.8 Å². The molecular weight excluding hydrogens is 452 g/mol. The second-order valence-electron chi connectivity index (χ2n) is 8.08. The molecule has 0 aliphatic rings. The first-order chi connectivity index (χ1) is 16.0. The summed E-state index contributed by atoms with van der Waals surface area (Å²) in [6, 6.07) is 15.4. The maximum atomic E-state index is 13.2. The molecule has 0 unspecified atom stereocenters. The van der Waals surface area contributed by atoms with E-state index >= 15 is 0 Å². The molecular formula is C24H24N6O3S. The fraction of sp³-hybridized carbons (Fsp3) is 0.167. The Morgan fingerprint density at radius 3 is 2.44 bits per heavy atom. The highest BCUT2D eigenvalue weighted by atomic mass is 32.2. The zero-order valence-corrected chi connectivity index (χ0v) is 19.8. The number of hydrogen-bond donors (Lipinski definition) is 3. The van der Waals surface area contributed by atoms with Crippen LogP contribution in [-0.4, -0.2) is 37.0 Å². The molecule has 9 nitrogen and oxygen atoms in total. The highest BCUT2D eigenvalue weighted by Crippen LogP contribution is 2.24. The summed E-state index contributed by atoms with van der Waals surface area (Å²) in [7, 11) is -2.77. The average Bonchev–Trinajstić information content (AvgIpc) is 3.05. The number of pyridine rings is 1. The fourth-order valence-electron chi connectivity index (χ4n) is 3.73. The second-order valence-corrected chi connectivity index (χ2v) is 10.2. The number of rotatable bonds is 6. The van der Waals surface area contributed by atoms with Crippen LogP contribution in [0.1, 0.15) is 37.8 Å². The van der Waals surface area contributed by atoms with Gasteiger partial charge >= 0.3 is 0 Å². The Morgan fingerprint density at radius 2 is 1.79 bits per heavy atom. The van der Waals surface area contributed by atoms with Gasteiger partial charge in [-0.3, -0.25) is 14.3 Å². The zero-order chi connectivity index (χ0) is 24.6. The van der Waals surface area contributed by atoms with Gasteiger partial charge in [0.25, 0.3) is 11.8 Å². The van der Waals surface area contributed by atoms with Crippen LogP contribution in [0.4, 0.5) is 5.69 Å². The van der Waals surface area contributed by atoms with Gasteiger partial charge in [0, 0.05) is 16.5 Å². The summed E-state index contributed by atoms with van der Waals surface area (Å²) >= 11 is 0. The topological polar surface area (TPSA) is 144 Å². The van der Waals surface area contributed by atoms with Crippen molar-refractivity contribution >= 4 is 38.1 Å². The van der Waals surface area contributed by atoms with Crippen molar-refractivity contribution in [2.75, 3.05) is 11.6 Å². The SMILES string of the molecule is Cc1nn(Cc2ccc([S@](C)(=N)=O)cc2)c(C)c1NC(=O)c1cc(C(N)=O)nc2ccccc12. The minimum atomic E-state index is -2.77. The summed E-state index contributed by atoms with van der Waals surface area (Å²) < 4.78 is 21.4. The van der Waals surface area contributed by atoms with Crippen molar-refractivity contribution in [2.45, 2.75) is 25.3 Å². The zero-order valence-electron chi connectivity index (χ0n) is 19.0. The minimum Gasteiger partial charge on any atom is -0.364 e. The van der Waals surface area contributed by atoms with E-state index in [0.717, 1.165) is 11.3 Å². The molecule has 2 heterocycles. The summed E-state index contributed by atoms with van der Waals surface area (Å²) in [6.07, 6.45) is 1.39. The molecule has 0 saturated carbocycles. The van der Waals surface area contributed by atoms with Gasteiger partial charge in [0.05, 0.1) is 44.4 Å². The number of carbonyl (C=O) groups is 2. The number of aryl methyl sites for hydroxylation is 1. The number of nitrogens with one attached hydrogen (secondary N) is 2. The van der Waals surface area contributed by atoms with E-state index in [1.54, 1.807) is 48.0 Å². The smallest absolute Gasteiger partial charge is 0.267 e. The molecule has 174 valence electrons. The first-order valence-corrected chi connectivity index (χ1v) is 12.4. The summed E-state index contributed by atoms with van der Waals surface area (Å²) in [6.45, 7) is 4.09. The lowest BCUT2D eigenvalue weighted by Crippen LogP contribution is -2.18. The molecule has 34 heavy (non-hydrogen) atoms. The van der Waals surface area contributed by atoms with Gasteiger partial charge in [-0.25, -0.2) is 14.0 Å². The fourth-order valence-corrected chi connectivity index (χ4v) is 4.39. The molecule has 10 heteroatoms. The molecule has 4 N–H and O–H groups in total. The van der Waals surface area contributed by atoms with Gasteiger partial charge in [0.15, 0.2) is 0 Å². The van der Waals surface area contributed by atoms with Crippen molar-refractivity contribution in [3.63, 3.8) is 0 Å². The first kappa shape index (κ1) is 23.1. The number of nitrogens with zero attached hydrogens (tertiary/aromatic N) is 3. The lowest BCUT2D eigenvalue weighted by atomic mass is 10.1. The number of amides is 2. The molecule has 2 amide bonds. The number of carbonyl (C=O) groups excluding carboxylic acids is 2. The van der Waals surface area contributed by atoms with Crippen molar-refractivity contribution in [1.29, 1.82) is 4.78 Å². The van der Waals surface area contributed by atoms with Crippen molar-refractivity contribution < 1.29 is 13.8 Å². The number of nitrogens with two attached hydrogens (primary N) is 1. The van der Waals surface area contributed by atoms with Crippen molar-refractivity contribution in [1.82, 2.24) is 14.8 Å². The molecule has 0 fully saturated rings. The van der Waals surface area contributed by atoms with Crippen LogP contribution >= 0.6 is 0 Å². The Hall–Kier alpha value is -4.05. The predicted molar refractivity (Wildman–Crippen MR) is 131 cm³/mol. The van der Waals surface area contributed by atoms with Crippen LogP contribution in [-0.2, 0) is 16.3 Å². The Bertz CT molecular complexity index is 1540. The number of hydrogen-bond acceptors (Lipinski definition) is 6. The molecule has 0 aliphatic heterocycles. The van der Waals surface area contributed by atoms with E-state index in [1.807, 2.05) is 19.1 Å². The number of anilines is 1. The average molecular weight is 477 g/mol. The van der Waals surface area contributed by atoms with Gasteiger partial charge in [-0.2, -0.15) is 5.10 Å². The van der Waals surface area contributed by atoms with E-state index < -0.39 is 21.5 Å². The van der Waals surface area contributed by atoms with E-state index in [1.165, 1.54) is 12.3 Å². The van der Waals surface area contributed by atoms with Crippen LogP contribution in [0.2, 0.25) is 0 Å². The maximum absolute atomic E-state index is 13.2. The summed E-state index contributed by atoms with van der Waals surface area (Å²) in [5.41, 5.74) is 9.10. The number of fused-ring (bicyclic) bond motifs is 1. The normalized spacial score (nSPS) is 12.9. The summed E-state index contributed by atoms with van der Waals surface area (Å²) in [5, 5.41) is 8.08. The third kappa shape index (κ3) is 4.53. The van der Waals surface area contributed by atoms with Gasteiger partial charge in [-0.05, 0) is 43.7 Å². The molecule has 4 aromatic rings. The Balaban J connectivity index is 1.64. The van der Waals surface area contributed by atoms with Crippen LogP contribution in [0, 0.1) is 18.6 Å². The lowest BCUT2D eigenvalue weighted by Gasteiger charge is -2.10. The third-order valence-corrected chi connectivity index (χ3v) is 6.71. The molecule has 2 aromatic heterocycles. The third-order valence-electron chi connectivity index (χ3n) is 5.54. The molecule has 0 aliphatic carbocycles. The van der Waals surface area contributed by atoms with Gasteiger partial charge in [-0.1, -0.05) is 30.3 Å². The Kier molecular flexibility index (Phi) is 5.92. The van der Waals surface area contributed by atoms with E-state index in [0.29, 0.717) is 39.3 Å². The molecule has 0 spiro atoms. The molecule has 0 saturated heterocycles. The van der Waals surface area contributed by atoms with Gasteiger partial charge in [-0.15, -0.1) is 0 Å². The highest BCUT2D eigenvalue weighted by molar-refractivity contribution is 7.91. The lowest BCUT2D eigenvalue weighted by molar-refractivity contribution is 0.0996. The predicted octanol–water partition coefficient (Wildman–Crippen LogP) is 3.48. The van der Waals surface area contributed by atoms with Crippen LogP contribution in [0.15, 0.2) is 59.5 Å². The second kappa shape index (κ2) is 8.71. The van der Waals surface area contributed by atoms with Crippen LogP contribution in [0.25, 0.3) is 10.9 Å². The number of primary amides is 1. The maximum Gasteiger partial charge on any atom is 0.267 e. The van der Waals surface area contributed by atoms with Crippen molar-refractivity contribution in [3.8, 4) is 0 Å². The first-order valence-electron chi connectivity index (χ1n) is 10.4.